The molecule has 2 fully saturated rings. The summed E-state index contributed by atoms with van der Waals surface area (Å²) in [6, 6.07) is 0. The molecule has 1 aliphatic heterocycles. The van der Waals surface area contributed by atoms with Crippen LogP contribution in [0.15, 0.2) is 0 Å². The first-order valence-corrected chi connectivity index (χ1v) is 8.63. The monoisotopic (exact) mass is 268 g/mol. The molecule has 1 saturated carbocycles. The Labute approximate surface area is 118 Å². The van der Waals surface area contributed by atoms with Crippen LogP contribution in [0.25, 0.3) is 0 Å². The van der Waals surface area contributed by atoms with Crippen molar-refractivity contribution in [2.75, 3.05) is 0 Å². The molecule has 1 saturated heterocycles. The Kier molecular flexibility index (Phi) is 6.66. The van der Waals surface area contributed by atoms with Crippen LogP contribution in [0.3, 0.4) is 0 Å². The average Bonchev–Trinajstić information content (AvgIpc) is 2.92. The fourth-order valence-corrected chi connectivity index (χ4v) is 3.82. The van der Waals surface area contributed by atoms with Crippen LogP contribution in [-0.4, -0.2) is 23.4 Å². The third-order valence-corrected chi connectivity index (χ3v) is 4.96. The molecule has 0 radical (unpaired) electrons. The van der Waals surface area contributed by atoms with E-state index in [1.165, 1.54) is 57.8 Å². The van der Waals surface area contributed by atoms with E-state index in [9.17, 15) is 5.11 Å². The van der Waals surface area contributed by atoms with Gasteiger partial charge < -0.3 is 9.84 Å². The van der Waals surface area contributed by atoms with Crippen LogP contribution < -0.4 is 0 Å². The lowest BCUT2D eigenvalue weighted by atomic mass is 9.89. The molecular formula is C17H32O2. The highest BCUT2D eigenvalue weighted by Gasteiger charge is 2.34. The first-order chi connectivity index (χ1) is 9.29. The Hall–Kier alpha value is -0.0800. The molecule has 0 amide bonds. The smallest absolute Gasteiger partial charge is 0.0631 e. The maximum absolute atomic E-state index is 10.1. The van der Waals surface area contributed by atoms with Gasteiger partial charge in [-0.05, 0) is 38.0 Å². The van der Waals surface area contributed by atoms with Crippen LogP contribution in [0.4, 0.5) is 0 Å². The van der Waals surface area contributed by atoms with Gasteiger partial charge in [0.05, 0.1) is 18.3 Å². The summed E-state index contributed by atoms with van der Waals surface area (Å²) in [6.45, 7) is 2.26. The molecule has 0 aromatic heterocycles. The number of ether oxygens (including phenoxy) is 1. The Balaban J connectivity index is 1.68. The highest BCUT2D eigenvalue weighted by molar-refractivity contribution is 4.84. The average molecular weight is 268 g/mol. The standard InChI is InChI=1S/C17H32O2/c1-2-3-4-5-6-11-16-12-15(18)13-17(19-16)14-9-7-8-10-14/h14-18H,2-13H2,1H3/t15-,16+,17+/m0/s1. The van der Waals surface area contributed by atoms with Gasteiger partial charge in [-0.2, -0.15) is 0 Å². The molecule has 0 unspecified atom stereocenters. The Morgan fingerprint density at radius 3 is 2.47 bits per heavy atom. The molecule has 2 heteroatoms. The quantitative estimate of drug-likeness (QED) is 0.691. The molecule has 19 heavy (non-hydrogen) atoms. The van der Waals surface area contributed by atoms with Crippen molar-refractivity contribution in [2.24, 2.45) is 5.92 Å². The van der Waals surface area contributed by atoms with Crippen molar-refractivity contribution in [3.8, 4) is 0 Å². The van der Waals surface area contributed by atoms with Crippen molar-refractivity contribution in [3.05, 3.63) is 0 Å². The molecule has 1 aliphatic carbocycles. The normalized spacial score (nSPS) is 32.8. The van der Waals surface area contributed by atoms with E-state index in [2.05, 4.69) is 6.92 Å². The van der Waals surface area contributed by atoms with Crippen LogP contribution in [0.5, 0.6) is 0 Å². The zero-order valence-electron chi connectivity index (χ0n) is 12.7. The molecule has 0 spiro atoms. The van der Waals surface area contributed by atoms with Gasteiger partial charge in [0.1, 0.15) is 0 Å². The third-order valence-electron chi connectivity index (χ3n) is 4.96. The summed E-state index contributed by atoms with van der Waals surface area (Å²) in [7, 11) is 0. The van der Waals surface area contributed by atoms with Crippen molar-refractivity contribution in [1.29, 1.82) is 0 Å². The highest BCUT2D eigenvalue weighted by atomic mass is 16.5. The maximum Gasteiger partial charge on any atom is 0.0631 e. The van der Waals surface area contributed by atoms with Gasteiger partial charge in [0.2, 0.25) is 0 Å². The van der Waals surface area contributed by atoms with E-state index in [1.807, 2.05) is 0 Å². The van der Waals surface area contributed by atoms with Gasteiger partial charge in [0.15, 0.2) is 0 Å². The van der Waals surface area contributed by atoms with E-state index in [-0.39, 0.29) is 6.10 Å². The van der Waals surface area contributed by atoms with Gasteiger partial charge >= 0.3 is 0 Å². The van der Waals surface area contributed by atoms with Gasteiger partial charge in [-0.15, -0.1) is 0 Å². The summed E-state index contributed by atoms with van der Waals surface area (Å²) in [5, 5.41) is 10.1. The second-order valence-electron chi connectivity index (χ2n) is 6.67. The topological polar surface area (TPSA) is 29.5 Å². The van der Waals surface area contributed by atoms with Gasteiger partial charge in [-0.1, -0.05) is 51.9 Å². The minimum Gasteiger partial charge on any atom is -0.393 e. The Bertz CT molecular complexity index is 235. The van der Waals surface area contributed by atoms with E-state index in [0.717, 1.165) is 25.2 Å². The minimum absolute atomic E-state index is 0.111. The highest BCUT2D eigenvalue weighted by Crippen LogP contribution is 2.35. The number of aliphatic hydroxyl groups excluding tert-OH is 1. The molecule has 2 rings (SSSR count). The van der Waals surface area contributed by atoms with Crippen LogP contribution in [0.2, 0.25) is 0 Å². The molecule has 2 aliphatic rings. The summed E-state index contributed by atoms with van der Waals surface area (Å²) >= 11 is 0. The Morgan fingerprint density at radius 2 is 1.74 bits per heavy atom. The number of unbranched alkanes of at least 4 members (excludes halogenated alkanes) is 4. The third kappa shape index (κ3) is 5.07. The van der Waals surface area contributed by atoms with Gasteiger partial charge in [-0.3, -0.25) is 0 Å². The number of rotatable bonds is 7. The molecular weight excluding hydrogens is 236 g/mol. The molecule has 0 aromatic rings. The van der Waals surface area contributed by atoms with Crippen molar-refractivity contribution < 1.29 is 9.84 Å². The SMILES string of the molecule is CCCCCCC[C@@H]1C[C@H](O)C[C@H](C2CCCC2)O1. The fourth-order valence-electron chi connectivity index (χ4n) is 3.82. The van der Waals surface area contributed by atoms with E-state index < -0.39 is 0 Å². The fraction of sp³-hybridized carbons (Fsp3) is 1.00. The molecule has 2 nitrogen and oxygen atoms in total. The minimum atomic E-state index is -0.111. The van der Waals surface area contributed by atoms with Crippen molar-refractivity contribution >= 4 is 0 Å². The van der Waals surface area contributed by atoms with Gasteiger partial charge in [0, 0.05) is 0 Å². The summed E-state index contributed by atoms with van der Waals surface area (Å²) in [6.07, 6.45) is 15.5. The van der Waals surface area contributed by atoms with E-state index in [4.69, 9.17) is 4.74 Å². The second kappa shape index (κ2) is 8.26. The maximum atomic E-state index is 10.1. The zero-order chi connectivity index (χ0) is 13.5. The molecule has 3 atom stereocenters. The largest absolute Gasteiger partial charge is 0.393 e. The zero-order valence-corrected chi connectivity index (χ0v) is 12.7. The predicted octanol–water partition coefficient (Wildman–Crippen LogP) is 4.45. The van der Waals surface area contributed by atoms with Crippen LogP contribution >= 0.6 is 0 Å². The molecule has 1 N–H and O–H groups in total. The lowest BCUT2D eigenvalue weighted by molar-refractivity contribution is -0.119. The van der Waals surface area contributed by atoms with Crippen molar-refractivity contribution in [1.82, 2.24) is 0 Å². The molecule has 112 valence electrons. The number of hydrogen-bond donors (Lipinski definition) is 1. The van der Waals surface area contributed by atoms with Crippen molar-refractivity contribution in [3.63, 3.8) is 0 Å². The predicted molar refractivity (Wildman–Crippen MR) is 79.2 cm³/mol. The first-order valence-electron chi connectivity index (χ1n) is 8.63. The van der Waals surface area contributed by atoms with E-state index >= 15 is 0 Å². The van der Waals surface area contributed by atoms with Gasteiger partial charge in [0.25, 0.3) is 0 Å². The molecule has 0 aromatic carbocycles. The first kappa shape index (κ1) is 15.3. The lowest BCUT2D eigenvalue weighted by Gasteiger charge is -2.36. The number of hydrogen-bond acceptors (Lipinski definition) is 2. The second-order valence-corrected chi connectivity index (χ2v) is 6.67. The summed E-state index contributed by atoms with van der Waals surface area (Å²) < 4.78 is 6.29. The van der Waals surface area contributed by atoms with Crippen LogP contribution in [-0.2, 0) is 4.74 Å². The molecule has 1 heterocycles. The van der Waals surface area contributed by atoms with E-state index in [1.54, 1.807) is 0 Å². The van der Waals surface area contributed by atoms with Crippen molar-refractivity contribution in [2.45, 2.75) is 102 Å². The summed E-state index contributed by atoms with van der Waals surface area (Å²) in [4.78, 5) is 0. The van der Waals surface area contributed by atoms with Crippen LogP contribution in [0.1, 0.15) is 84.0 Å². The van der Waals surface area contributed by atoms with Crippen LogP contribution in [0, 0.1) is 5.92 Å². The molecule has 0 bridgehead atoms. The van der Waals surface area contributed by atoms with Gasteiger partial charge in [-0.25, -0.2) is 0 Å². The summed E-state index contributed by atoms with van der Waals surface area (Å²) in [5.74, 6) is 0.734. The summed E-state index contributed by atoms with van der Waals surface area (Å²) in [5.41, 5.74) is 0. The van der Waals surface area contributed by atoms with E-state index in [0.29, 0.717) is 12.2 Å². The number of aliphatic hydroxyl groups is 1. The lowest BCUT2D eigenvalue weighted by Crippen LogP contribution is -2.39. The Morgan fingerprint density at radius 1 is 1.00 bits per heavy atom.